The maximum Gasteiger partial charge on any atom is 0.242 e. The highest BCUT2D eigenvalue weighted by atomic mass is 35.5. The number of hydrogen-bond donors (Lipinski definition) is 2. The van der Waals surface area contributed by atoms with Crippen LogP contribution >= 0.6 is 11.6 Å². The second-order valence-electron chi connectivity index (χ2n) is 5.65. The van der Waals surface area contributed by atoms with E-state index in [0.29, 0.717) is 11.3 Å². The molecule has 0 amide bonds. The summed E-state index contributed by atoms with van der Waals surface area (Å²) in [6, 6.07) is 16.0. The Bertz CT molecular complexity index is 1020. The van der Waals surface area contributed by atoms with E-state index in [0.717, 1.165) is 10.8 Å². The minimum atomic E-state index is -3.80. The van der Waals surface area contributed by atoms with Crippen LogP contribution in [0.5, 0.6) is 0 Å². The van der Waals surface area contributed by atoms with Crippen molar-refractivity contribution in [1.29, 1.82) is 0 Å². The van der Waals surface area contributed by atoms with E-state index in [2.05, 4.69) is 9.71 Å². The molecule has 0 saturated heterocycles. The Morgan fingerprint density at radius 1 is 1.12 bits per heavy atom. The number of aliphatic hydroxyl groups is 1. The van der Waals surface area contributed by atoms with Crippen LogP contribution in [0.2, 0.25) is 5.15 Å². The number of rotatable bonds is 5. The van der Waals surface area contributed by atoms with E-state index in [1.165, 1.54) is 12.1 Å². The number of fused-ring (bicyclic) bond motifs is 1. The van der Waals surface area contributed by atoms with Crippen LogP contribution in [-0.2, 0) is 10.0 Å². The Hall–Kier alpha value is -1.99. The predicted octanol–water partition coefficient (Wildman–Crippen LogP) is 3.21. The molecule has 1 atom stereocenters. The van der Waals surface area contributed by atoms with Crippen molar-refractivity contribution in [1.82, 2.24) is 9.71 Å². The first kappa shape index (κ1) is 17.8. The van der Waals surface area contributed by atoms with Crippen molar-refractivity contribution >= 4 is 32.4 Å². The van der Waals surface area contributed by atoms with Crippen molar-refractivity contribution in [2.24, 2.45) is 0 Å². The molecule has 0 aliphatic heterocycles. The molecule has 7 heteroatoms. The summed E-state index contributed by atoms with van der Waals surface area (Å²) in [5.41, 5.74) is 0.978. The first-order chi connectivity index (χ1) is 11.9. The zero-order chi connectivity index (χ0) is 18.0. The van der Waals surface area contributed by atoms with Crippen molar-refractivity contribution in [3.63, 3.8) is 0 Å². The van der Waals surface area contributed by atoms with Gasteiger partial charge in [-0.3, -0.25) is 0 Å². The lowest BCUT2D eigenvalue weighted by atomic mass is 10.0. The zero-order valence-corrected chi connectivity index (χ0v) is 15.1. The van der Waals surface area contributed by atoms with Crippen LogP contribution in [0.15, 0.2) is 59.5 Å². The van der Waals surface area contributed by atoms with Crippen molar-refractivity contribution in [2.45, 2.75) is 17.9 Å². The molecular formula is C18H17ClN2O3S. The van der Waals surface area contributed by atoms with Gasteiger partial charge in [0.05, 0.1) is 11.8 Å². The smallest absolute Gasteiger partial charge is 0.242 e. The van der Waals surface area contributed by atoms with Gasteiger partial charge in [-0.15, -0.1) is 0 Å². The average molecular weight is 377 g/mol. The normalized spacial score (nSPS) is 13.1. The number of pyridine rings is 1. The van der Waals surface area contributed by atoms with E-state index in [9.17, 15) is 13.5 Å². The molecule has 25 heavy (non-hydrogen) atoms. The number of nitrogens with zero attached hydrogens (tertiary/aromatic N) is 1. The van der Waals surface area contributed by atoms with Crippen LogP contribution in [0.4, 0.5) is 0 Å². The molecule has 2 aromatic carbocycles. The first-order valence-electron chi connectivity index (χ1n) is 7.67. The summed E-state index contributed by atoms with van der Waals surface area (Å²) in [6.07, 6.45) is -0.971. The number of aromatic nitrogens is 1. The summed E-state index contributed by atoms with van der Waals surface area (Å²) in [5, 5.41) is 12.6. The van der Waals surface area contributed by atoms with Crippen LogP contribution in [0.1, 0.15) is 17.4 Å². The van der Waals surface area contributed by atoms with Gasteiger partial charge >= 0.3 is 0 Å². The standard InChI is InChI=1S/C18H17ClN2O3S/c1-12-17(9-10-18(19)21-12)25(23,24)20-11-16(22)15-8-4-6-13-5-2-3-7-14(13)15/h2-10,16,20,22H,11H2,1H3. The van der Waals surface area contributed by atoms with Gasteiger partial charge in [0.1, 0.15) is 10.0 Å². The average Bonchev–Trinajstić information content (AvgIpc) is 2.59. The number of halogens is 1. The number of aliphatic hydroxyl groups excluding tert-OH is 1. The van der Waals surface area contributed by atoms with Gasteiger partial charge in [0, 0.05) is 6.54 Å². The van der Waals surface area contributed by atoms with Crippen LogP contribution in [-0.4, -0.2) is 25.1 Å². The number of hydrogen-bond acceptors (Lipinski definition) is 4. The molecule has 2 N–H and O–H groups in total. The van der Waals surface area contributed by atoms with Crippen molar-refractivity contribution in [3.05, 3.63) is 71.0 Å². The SMILES string of the molecule is Cc1nc(Cl)ccc1S(=O)(=O)NCC(O)c1cccc2ccccc12. The lowest BCUT2D eigenvalue weighted by Gasteiger charge is -2.15. The fourth-order valence-electron chi connectivity index (χ4n) is 2.72. The first-order valence-corrected chi connectivity index (χ1v) is 9.53. The third-order valence-corrected chi connectivity index (χ3v) is 5.71. The van der Waals surface area contributed by atoms with E-state index in [4.69, 9.17) is 11.6 Å². The van der Waals surface area contributed by atoms with Gasteiger partial charge in [0.15, 0.2) is 0 Å². The molecule has 130 valence electrons. The van der Waals surface area contributed by atoms with Gasteiger partial charge in [0.25, 0.3) is 0 Å². The maximum atomic E-state index is 12.5. The molecule has 0 saturated carbocycles. The molecule has 0 aliphatic rings. The number of sulfonamides is 1. The topological polar surface area (TPSA) is 79.3 Å². The highest BCUT2D eigenvalue weighted by molar-refractivity contribution is 7.89. The lowest BCUT2D eigenvalue weighted by molar-refractivity contribution is 0.183. The van der Waals surface area contributed by atoms with Crippen molar-refractivity contribution in [3.8, 4) is 0 Å². The van der Waals surface area contributed by atoms with Gasteiger partial charge in [-0.2, -0.15) is 0 Å². The summed E-state index contributed by atoms with van der Waals surface area (Å²) in [5.74, 6) is 0. The highest BCUT2D eigenvalue weighted by Gasteiger charge is 2.20. The Morgan fingerprint density at radius 2 is 1.84 bits per heavy atom. The van der Waals surface area contributed by atoms with Crippen LogP contribution < -0.4 is 4.72 Å². The molecule has 3 aromatic rings. The van der Waals surface area contributed by atoms with Crippen molar-refractivity contribution in [2.75, 3.05) is 6.54 Å². The van der Waals surface area contributed by atoms with E-state index in [1.54, 1.807) is 13.0 Å². The van der Waals surface area contributed by atoms with Gasteiger partial charge in [-0.1, -0.05) is 54.1 Å². The molecule has 0 spiro atoms. The van der Waals surface area contributed by atoms with E-state index < -0.39 is 16.1 Å². The van der Waals surface area contributed by atoms with Gasteiger partial charge in [0.2, 0.25) is 10.0 Å². The predicted molar refractivity (Wildman–Crippen MR) is 98.1 cm³/mol. The maximum absolute atomic E-state index is 12.5. The Morgan fingerprint density at radius 3 is 2.60 bits per heavy atom. The lowest BCUT2D eigenvalue weighted by Crippen LogP contribution is -2.29. The van der Waals surface area contributed by atoms with Crippen LogP contribution in [0.25, 0.3) is 10.8 Å². The third-order valence-electron chi connectivity index (χ3n) is 3.94. The molecule has 1 aromatic heterocycles. The number of nitrogens with one attached hydrogen (secondary N) is 1. The Balaban J connectivity index is 1.82. The highest BCUT2D eigenvalue weighted by Crippen LogP contribution is 2.24. The van der Waals surface area contributed by atoms with Crippen LogP contribution in [0.3, 0.4) is 0 Å². The number of benzene rings is 2. The largest absolute Gasteiger partial charge is 0.387 e. The fourth-order valence-corrected chi connectivity index (χ4v) is 4.12. The fraction of sp³-hybridized carbons (Fsp3) is 0.167. The summed E-state index contributed by atoms with van der Waals surface area (Å²) < 4.78 is 27.4. The molecule has 0 aliphatic carbocycles. The molecule has 0 bridgehead atoms. The summed E-state index contributed by atoms with van der Waals surface area (Å²) in [7, 11) is -3.80. The van der Waals surface area contributed by atoms with Crippen molar-refractivity contribution < 1.29 is 13.5 Å². The zero-order valence-electron chi connectivity index (χ0n) is 13.5. The summed E-state index contributed by atoms with van der Waals surface area (Å²) in [4.78, 5) is 3.99. The third kappa shape index (κ3) is 3.82. The molecule has 0 fully saturated rings. The Labute approximate surface area is 151 Å². The molecule has 0 radical (unpaired) electrons. The molecule has 1 unspecified atom stereocenters. The van der Waals surface area contributed by atoms with Gasteiger partial charge in [-0.05, 0) is 35.4 Å². The van der Waals surface area contributed by atoms with E-state index >= 15 is 0 Å². The van der Waals surface area contributed by atoms with E-state index in [-0.39, 0.29) is 16.6 Å². The van der Waals surface area contributed by atoms with E-state index in [1.807, 2.05) is 36.4 Å². The van der Waals surface area contributed by atoms with Gasteiger partial charge < -0.3 is 5.11 Å². The van der Waals surface area contributed by atoms with Gasteiger partial charge in [-0.25, -0.2) is 18.1 Å². The second-order valence-corrected chi connectivity index (χ2v) is 7.78. The quantitative estimate of drug-likeness (QED) is 0.670. The summed E-state index contributed by atoms with van der Waals surface area (Å²) >= 11 is 5.76. The number of aryl methyl sites for hydroxylation is 1. The van der Waals surface area contributed by atoms with Crippen LogP contribution in [0, 0.1) is 6.92 Å². The minimum Gasteiger partial charge on any atom is -0.387 e. The molecule has 1 heterocycles. The minimum absolute atomic E-state index is 0.0435. The summed E-state index contributed by atoms with van der Waals surface area (Å²) in [6.45, 7) is 1.43. The monoisotopic (exact) mass is 376 g/mol. The molecule has 3 rings (SSSR count). The molecule has 5 nitrogen and oxygen atoms in total. The molecular weight excluding hydrogens is 360 g/mol. The second kappa shape index (κ2) is 7.09. The Kier molecular flexibility index (Phi) is 5.06.